The number of esters is 2. The summed E-state index contributed by atoms with van der Waals surface area (Å²) in [6.07, 6.45) is 1.51. The number of fused-ring (bicyclic) bond motifs is 1. The summed E-state index contributed by atoms with van der Waals surface area (Å²) in [4.78, 5) is 37.9. The molecule has 1 N–H and O–H groups in total. The highest BCUT2D eigenvalue weighted by Crippen LogP contribution is 2.26. The second kappa shape index (κ2) is 12.3. The molecule has 0 radical (unpaired) electrons. The highest BCUT2D eigenvalue weighted by atomic mass is 16.5. The lowest BCUT2D eigenvalue weighted by Crippen LogP contribution is -2.20. The van der Waals surface area contributed by atoms with Gasteiger partial charge in [-0.25, -0.2) is 15.0 Å². The van der Waals surface area contributed by atoms with Crippen LogP contribution in [-0.4, -0.2) is 24.1 Å². The van der Waals surface area contributed by atoms with Crippen LogP contribution in [0.2, 0.25) is 0 Å². The van der Waals surface area contributed by atoms with Crippen molar-refractivity contribution in [2.75, 3.05) is 0 Å². The van der Waals surface area contributed by atoms with Crippen LogP contribution in [0.5, 0.6) is 11.5 Å². The Labute approximate surface area is 230 Å². The van der Waals surface area contributed by atoms with Crippen molar-refractivity contribution < 1.29 is 23.9 Å². The summed E-state index contributed by atoms with van der Waals surface area (Å²) >= 11 is 0. The quantitative estimate of drug-likeness (QED) is 0.116. The number of benzene rings is 5. The van der Waals surface area contributed by atoms with Crippen molar-refractivity contribution in [1.82, 2.24) is 5.43 Å². The predicted octanol–water partition coefficient (Wildman–Crippen LogP) is 5.97. The van der Waals surface area contributed by atoms with Crippen LogP contribution in [0.1, 0.15) is 31.8 Å². The maximum Gasteiger partial charge on any atom is 0.343 e. The fourth-order valence-electron chi connectivity index (χ4n) is 4.08. The highest BCUT2D eigenvalue weighted by molar-refractivity contribution is 5.95. The van der Waals surface area contributed by atoms with Gasteiger partial charge < -0.3 is 9.47 Å². The maximum atomic E-state index is 12.8. The van der Waals surface area contributed by atoms with Crippen LogP contribution in [0, 0.1) is 0 Å². The van der Waals surface area contributed by atoms with Crippen molar-refractivity contribution in [2.45, 2.75) is 6.42 Å². The molecule has 0 bridgehead atoms. The monoisotopic (exact) mass is 528 g/mol. The van der Waals surface area contributed by atoms with Gasteiger partial charge in [0.05, 0.1) is 23.8 Å². The molecule has 1 amide bonds. The smallest absolute Gasteiger partial charge is 0.343 e. The van der Waals surface area contributed by atoms with Crippen LogP contribution < -0.4 is 14.9 Å². The Hall–Kier alpha value is -5.56. The third kappa shape index (κ3) is 6.46. The third-order valence-electron chi connectivity index (χ3n) is 6.04. The molecule has 5 aromatic rings. The Morgan fingerprint density at radius 2 is 1.30 bits per heavy atom. The van der Waals surface area contributed by atoms with Gasteiger partial charge in [0.1, 0.15) is 11.5 Å². The van der Waals surface area contributed by atoms with Gasteiger partial charge in [-0.1, -0.05) is 78.9 Å². The molecule has 5 aromatic carbocycles. The SMILES string of the molecule is O=C(Cc1cccc2ccccc12)NN=Cc1ccc(OC(=O)c2ccccc2)cc1OC(=O)c1ccccc1. The van der Waals surface area contributed by atoms with E-state index in [-0.39, 0.29) is 23.8 Å². The van der Waals surface area contributed by atoms with Gasteiger partial charge in [-0.15, -0.1) is 0 Å². The minimum absolute atomic E-state index is 0.110. The molecule has 7 nitrogen and oxygen atoms in total. The molecule has 0 unspecified atom stereocenters. The Bertz CT molecular complexity index is 1690. The van der Waals surface area contributed by atoms with E-state index in [4.69, 9.17) is 9.47 Å². The second-order valence-electron chi connectivity index (χ2n) is 8.82. The van der Waals surface area contributed by atoms with Crippen molar-refractivity contribution in [3.63, 3.8) is 0 Å². The molecule has 0 saturated carbocycles. The summed E-state index contributed by atoms with van der Waals surface area (Å²) in [6, 6.07) is 35.3. The van der Waals surface area contributed by atoms with E-state index in [9.17, 15) is 14.4 Å². The first kappa shape index (κ1) is 26.1. The summed E-state index contributed by atoms with van der Waals surface area (Å²) in [5.41, 5.74) is 4.54. The molecule has 0 spiro atoms. The van der Waals surface area contributed by atoms with Gasteiger partial charge in [0, 0.05) is 11.6 Å². The normalized spacial score (nSPS) is 10.8. The van der Waals surface area contributed by atoms with Crippen LogP contribution in [0.25, 0.3) is 10.8 Å². The van der Waals surface area contributed by atoms with E-state index >= 15 is 0 Å². The van der Waals surface area contributed by atoms with Crippen molar-refractivity contribution in [1.29, 1.82) is 0 Å². The molecule has 5 rings (SSSR count). The maximum absolute atomic E-state index is 12.8. The number of hydrazone groups is 1. The molecule has 0 saturated heterocycles. The molecule has 0 aromatic heterocycles. The number of carbonyl (C=O) groups excluding carboxylic acids is 3. The van der Waals surface area contributed by atoms with Crippen LogP contribution in [-0.2, 0) is 11.2 Å². The van der Waals surface area contributed by atoms with Gasteiger partial charge in [-0.05, 0) is 52.7 Å². The molecular weight excluding hydrogens is 504 g/mol. The lowest BCUT2D eigenvalue weighted by Gasteiger charge is -2.11. The zero-order valence-electron chi connectivity index (χ0n) is 21.3. The topological polar surface area (TPSA) is 94.1 Å². The highest BCUT2D eigenvalue weighted by Gasteiger charge is 2.15. The molecular formula is C33H24N2O5. The third-order valence-corrected chi connectivity index (χ3v) is 6.04. The Morgan fingerprint density at radius 1 is 0.675 bits per heavy atom. The lowest BCUT2D eigenvalue weighted by atomic mass is 10.0. The van der Waals surface area contributed by atoms with Crippen molar-refractivity contribution in [3.05, 3.63) is 144 Å². The number of nitrogens with one attached hydrogen (secondary N) is 1. The summed E-state index contributed by atoms with van der Waals surface area (Å²) in [5, 5.41) is 6.12. The van der Waals surface area contributed by atoms with E-state index in [1.807, 2.05) is 42.5 Å². The standard InChI is InChI=1S/C33H24N2O5/c36-31(20-26-16-9-15-23-10-7-8-17-29(23)26)35-34-22-27-18-19-28(39-32(37)24-11-3-1-4-12-24)21-30(27)40-33(38)25-13-5-2-6-14-25/h1-19,21-22H,20H2,(H,35,36). The molecule has 0 aliphatic heterocycles. The number of hydrogen-bond donors (Lipinski definition) is 1. The van der Waals surface area contributed by atoms with Crippen LogP contribution >= 0.6 is 0 Å². The molecule has 0 fully saturated rings. The van der Waals surface area contributed by atoms with Crippen LogP contribution in [0.15, 0.2) is 126 Å². The van der Waals surface area contributed by atoms with E-state index < -0.39 is 11.9 Å². The van der Waals surface area contributed by atoms with Gasteiger partial charge in [0.2, 0.25) is 5.91 Å². The average Bonchev–Trinajstić information content (AvgIpc) is 2.99. The minimum Gasteiger partial charge on any atom is -0.423 e. The van der Waals surface area contributed by atoms with Gasteiger partial charge in [0.15, 0.2) is 0 Å². The first-order valence-electron chi connectivity index (χ1n) is 12.5. The largest absolute Gasteiger partial charge is 0.423 e. The van der Waals surface area contributed by atoms with Gasteiger partial charge in [0.25, 0.3) is 0 Å². The lowest BCUT2D eigenvalue weighted by molar-refractivity contribution is -0.120. The molecule has 0 atom stereocenters. The number of ether oxygens (including phenoxy) is 2. The van der Waals surface area contributed by atoms with Crippen LogP contribution in [0.4, 0.5) is 0 Å². The first-order valence-corrected chi connectivity index (χ1v) is 12.5. The fourth-order valence-corrected chi connectivity index (χ4v) is 4.08. The second-order valence-corrected chi connectivity index (χ2v) is 8.82. The fraction of sp³-hybridized carbons (Fsp3) is 0.0303. The zero-order valence-corrected chi connectivity index (χ0v) is 21.3. The number of rotatable bonds is 8. The van der Waals surface area contributed by atoms with Crippen LogP contribution in [0.3, 0.4) is 0 Å². The Balaban J connectivity index is 1.33. The summed E-state index contributed by atoms with van der Waals surface area (Å²) in [7, 11) is 0. The number of amides is 1. The Morgan fingerprint density at radius 3 is 2.02 bits per heavy atom. The molecule has 7 heteroatoms. The van der Waals surface area contributed by atoms with Gasteiger partial charge >= 0.3 is 11.9 Å². The summed E-state index contributed by atoms with van der Waals surface area (Å²) in [6.45, 7) is 0. The average molecular weight is 529 g/mol. The van der Waals surface area contributed by atoms with E-state index in [2.05, 4.69) is 10.5 Å². The summed E-state index contributed by atoms with van der Waals surface area (Å²) in [5.74, 6) is -1.16. The van der Waals surface area contributed by atoms with E-state index in [1.165, 1.54) is 12.3 Å². The Kier molecular flexibility index (Phi) is 8.03. The van der Waals surface area contributed by atoms with Crippen molar-refractivity contribution in [3.8, 4) is 11.5 Å². The minimum atomic E-state index is -0.596. The predicted molar refractivity (Wildman–Crippen MR) is 153 cm³/mol. The van der Waals surface area contributed by atoms with E-state index in [0.717, 1.165) is 16.3 Å². The first-order chi connectivity index (χ1) is 19.6. The number of hydrogen-bond acceptors (Lipinski definition) is 6. The summed E-state index contributed by atoms with van der Waals surface area (Å²) < 4.78 is 11.1. The molecule has 196 valence electrons. The van der Waals surface area contributed by atoms with E-state index in [0.29, 0.717) is 16.7 Å². The number of carbonyl (C=O) groups is 3. The van der Waals surface area contributed by atoms with Gasteiger partial charge in [-0.3, -0.25) is 4.79 Å². The molecule has 40 heavy (non-hydrogen) atoms. The molecule has 0 aliphatic carbocycles. The molecule has 0 aliphatic rings. The van der Waals surface area contributed by atoms with E-state index in [1.54, 1.807) is 72.8 Å². The molecule has 0 heterocycles. The zero-order chi connectivity index (χ0) is 27.7. The van der Waals surface area contributed by atoms with Crippen molar-refractivity contribution >= 4 is 34.8 Å². The van der Waals surface area contributed by atoms with Gasteiger partial charge in [-0.2, -0.15) is 5.10 Å². The van der Waals surface area contributed by atoms with Crippen molar-refractivity contribution in [2.24, 2.45) is 5.10 Å². The number of nitrogens with zero attached hydrogens (tertiary/aromatic N) is 1.